The van der Waals surface area contributed by atoms with Gasteiger partial charge in [0.15, 0.2) is 0 Å². The highest BCUT2D eigenvalue weighted by atomic mass is 32.2. The second kappa shape index (κ2) is 5.99. The number of benzene rings is 1. The zero-order valence-corrected chi connectivity index (χ0v) is 14.7. The van der Waals surface area contributed by atoms with Crippen LogP contribution < -0.4 is 0 Å². The van der Waals surface area contributed by atoms with Crippen LogP contribution in [-0.4, -0.2) is 46.8 Å². The molecule has 0 bridgehead atoms. The highest BCUT2D eigenvalue weighted by molar-refractivity contribution is 7.99. The third-order valence-corrected chi connectivity index (χ3v) is 6.79. The topological polar surface area (TPSA) is 36.1 Å². The summed E-state index contributed by atoms with van der Waals surface area (Å²) in [7, 11) is 2.28. The molecule has 1 saturated heterocycles. The van der Waals surface area contributed by atoms with E-state index in [-0.39, 0.29) is 5.78 Å². The number of hydrogen-bond donors (Lipinski definition) is 1. The van der Waals surface area contributed by atoms with Gasteiger partial charge in [0.2, 0.25) is 0 Å². The Labute approximate surface area is 141 Å². The lowest BCUT2D eigenvalue weighted by atomic mass is 9.73. The number of carbonyl (C=O) groups is 1. The van der Waals surface area contributed by atoms with E-state index >= 15 is 0 Å². The monoisotopic (exact) mass is 328 g/mol. The Hall–Kier alpha value is -1.26. The van der Waals surface area contributed by atoms with E-state index in [4.69, 9.17) is 0 Å². The van der Waals surface area contributed by atoms with Crippen molar-refractivity contribution in [1.82, 2.24) is 9.88 Å². The number of likely N-dealkylation sites (N-methyl/N-ethyl adjacent to an activating group) is 1. The fraction of sp³-hybridized carbons (Fsp3) is 0.526. The number of nitrogens with one attached hydrogen (secondary N) is 1. The van der Waals surface area contributed by atoms with Gasteiger partial charge in [-0.3, -0.25) is 4.79 Å². The van der Waals surface area contributed by atoms with Crippen LogP contribution in [0, 0.1) is 5.92 Å². The van der Waals surface area contributed by atoms with Crippen molar-refractivity contribution < 1.29 is 4.79 Å². The van der Waals surface area contributed by atoms with Gasteiger partial charge in [-0.2, -0.15) is 11.8 Å². The van der Waals surface area contributed by atoms with Gasteiger partial charge in [-0.15, -0.1) is 0 Å². The van der Waals surface area contributed by atoms with Crippen molar-refractivity contribution in [1.29, 1.82) is 0 Å². The Morgan fingerprint density at radius 3 is 3.13 bits per heavy atom. The molecular weight excluding hydrogens is 304 g/mol. The molecule has 4 rings (SSSR count). The number of aromatic nitrogens is 1. The predicted molar refractivity (Wildman–Crippen MR) is 97.3 cm³/mol. The molecule has 2 aliphatic rings. The van der Waals surface area contributed by atoms with Crippen LogP contribution in [0.2, 0.25) is 0 Å². The molecule has 1 fully saturated rings. The highest BCUT2D eigenvalue weighted by Gasteiger charge is 2.39. The molecule has 122 valence electrons. The van der Waals surface area contributed by atoms with Crippen molar-refractivity contribution in [2.45, 2.75) is 31.7 Å². The molecule has 1 aromatic heterocycles. The van der Waals surface area contributed by atoms with Crippen LogP contribution in [-0.2, 0) is 11.2 Å². The molecular formula is C19H24N2OS. The molecule has 0 amide bonds. The Kier molecular flexibility index (Phi) is 3.98. The molecule has 1 unspecified atom stereocenters. The van der Waals surface area contributed by atoms with Crippen molar-refractivity contribution in [2.24, 2.45) is 5.92 Å². The number of aromatic amines is 1. The van der Waals surface area contributed by atoms with Crippen molar-refractivity contribution in [2.75, 3.05) is 25.1 Å². The van der Waals surface area contributed by atoms with Gasteiger partial charge in [-0.05, 0) is 55.7 Å². The zero-order valence-electron chi connectivity index (χ0n) is 13.8. The second-order valence-corrected chi connectivity index (χ2v) is 8.25. The van der Waals surface area contributed by atoms with Gasteiger partial charge in [0, 0.05) is 35.6 Å². The Morgan fingerprint density at radius 2 is 2.30 bits per heavy atom. The minimum atomic E-state index is 0.288. The third kappa shape index (κ3) is 2.72. The second-order valence-electron chi connectivity index (χ2n) is 7.22. The van der Waals surface area contributed by atoms with Crippen molar-refractivity contribution >= 4 is 28.4 Å². The van der Waals surface area contributed by atoms with Crippen molar-refractivity contribution in [3.63, 3.8) is 0 Å². The van der Waals surface area contributed by atoms with E-state index in [0.29, 0.717) is 23.6 Å². The Balaban J connectivity index is 1.59. The summed E-state index contributed by atoms with van der Waals surface area (Å²) in [6, 6.07) is 7.33. The SMILES string of the molecule is CC(=O)CSC[C@@H]1CC2c3cccc4[nH]cc(c34)C[C@H]2N(C)C1. The Morgan fingerprint density at radius 1 is 1.43 bits per heavy atom. The smallest absolute Gasteiger partial charge is 0.139 e. The summed E-state index contributed by atoms with van der Waals surface area (Å²) in [5.74, 6) is 3.36. The first-order valence-corrected chi connectivity index (χ1v) is 9.65. The molecule has 2 heterocycles. The van der Waals surface area contributed by atoms with Crippen LogP contribution in [0.15, 0.2) is 24.4 Å². The maximum atomic E-state index is 11.2. The Bertz CT molecular complexity index is 738. The average Bonchev–Trinajstić information content (AvgIpc) is 2.93. The number of ketones is 1. The van der Waals surface area contributed by atoms with E-state index < -0.39 is 0 Å². The molecule has 0 spiro atoms. The molecule has 0 saturated carbocycles. The van der Waals surface area contributed by atoms with Crippen LogP contribution >= 0.6 is 11.8 Å². The summed E-state index contributed by atoms with van der Waals surface area (Å²) in [4.78, 5) is 17.2. The molecule has 3 atom stereocenters. The lowest BCUT2D eigenvalue weighted by Gasteiger charge is -2.45. The number of thioether (sulfide) groups is 1. The minimum Gasteiger partial charge on any atom is -0.361 e. The summed E-state index contributed by atoms with van der Waals surface area (Å²) >= 11 is 1.81. The van der Waals surface area contributed by atoms with Crippen molar-refractivity contribution in [3.05, 3.63) is 35.5 Å². The maximum Gasteiger partial charge on any atom is 0.139 e. The first-order valence-electron chi connectivity index (χ1n) is 8.49. The number of likely N-dealkylation sites (tertiary alicyclic amines) is 1. The highest BCUT2D eigenvalue weighted by Crippen LogP contribution is 2.44. The molecule has 1 aliphatic heterocycles. The van der Waals surface area contributed by atoms with E-state index in [9.17, 15) is 4.79 Å². The molecule has 4 heteroatoms. The van der Waals surface area contributed by atoms with Gasteiger partial charge in [-0.1, -0.05) is 12.1 Å². The fourth-order valence-corrected chi connectivity index (χ4v) is 5.52. The number of nitrogens with zero attached hydrogens (tertiary/aromatic N) is 1. The molecule has 0 radical (unpaired) electrons. The third-order valence-electron chi connectivity index (χ3n) is 5.47. The van der Waals surface area contributed by atoms with Crippen molar-refractivity contribution in [3.8, 4) is 0 Å². The van der Waals surface area contributed by atoms with E-state index in [1.54, 1.807) is 18.7 Å². The molecule has 23 heavy (non-hydrogen) atoms. The number of Topliss-reactive ketones (excluding diaryl/α,β-unsaturated/α-hetero) is 1. The van der Waals surface area contributed by atoms with Gasteiger partial charge in [-0.25, -0.2) is 0 Å². The summed E-state index contributed by atoms with van der Waals surface area (Å²) in [5, 5.41) is 1.47. The molecule has 3 nitrogen and oxygen atoms in total. The fourth-order valence-electron chi connectivity index (χ4n) is 4.54. The number of hydrogen-bond acceptors (Lipinski definition) is 3. The largest absolute Gasteiger partial charge is 0.361 e. The van der Waals surface area contributed by atoms with Crippen LogP contribution in [0.4, 0.5) is 0 Å². The van der Waals surface area contributed by atoms with Crippen LogP contribution in [0.25, 0.3) is 10.9 Å². The summed E-state index contributed by atoms with van der Waals surface area (Å²) in [5.41, 5.74) is 4.29. The van der Waals surface area contributed by atoms with E-state index in [1.165, 1.54) is 28.5 Å². The lowest BCUT2D eigenvalue weighted by molar-refractivity contribution is -0.114. The van der Waals surface area contributed by atoms with Gasteiger partial charge >= 0.3 is 0 Å². The van der Waals surface area contributed by atoms with E-state index in [2.05, 4.69) is 41.3 Å². The summed E-state index contributed by atoms with van der Waals surface area (Å²) in [6.45, 7) is 2.84. The standard InChI is InChI=1S/C19H24N2OS/c1-12(22)10-23-11-13-6-16-15-4-3-5-17-19(15)14(8-20-17)7-18(16)21(2)9-13/h3-5,8,13,16,18,20H,6-7,9-11H2,1-2H3/t13-,16?,18-/m1/s1. The van der Waals surface area contributed by atoms with Gasteiger partial charge < -0.3 is 9.88 Å². The number of carbonyl (C=O) groups excluding carboxylic acids is 1. The number of fused-ring (bicyclic) bond motifs is 2. The van der Waals surface area contributed by atoms with Gasteiger partial charge in [0.25, 0.3) is 0 Å². The van der Waals surface area contributed by atoms with Crippen LogP contribution in [0.1, 0.15) is 30.4 Å². The van der Waals surface area contributed by atoms with Crippen LogP contribution in [0.5, 0.6) is 0 Å². The molecule has 2 aromatic rings. The van der Waals surface area contributed by atoms with Gasteiger partial charge in [0.1, 0.15) is 5.78 Å². The summed E-state index contributed by atoms with van der Waals surface area (Å²) < 4.78 is 0. The maximum absolute atomic E-state index is 11.2. The lowest BCUT2D eigenvalue weighted by Crippen LogP contribution is -2.48. The first-order chi connectivity index (χ1) is 11.1. The molecule has 1 N–H and O–H groups in total. The normalized spacial score (nSPS) is 27.1. The zero-order chi connectivity index (χ0) is 16.0. The number of rotatable bonds is 4. The average molecular weight is 328 g/mol. The number of H-pyrrole nitrogens is 1. The predicted octanol–water partition coefficient (Wildman–Crippen LogP) is 3.45. The van der Waals surface area contributed by atoms with E-state index in [0.717, 1.165) is 18.7 Å². The molecule has 1 aromatic carbocycles. The quantitative estimate of drug-likeness (QED) is 0.934. The minimum absolute atomic E-state index is 0.288. The van der Waals surface area contributed by atoms with Gasteiger partial charge in [0.05, 0.1) is 5.75 Å². The number of piperidine rings is 1. The summed E-state index contributed by atoms with van der Waals surface area (Å²) in [6.07, 6.45) is 4.61. The first kappa shape index (κ1) is 15.3. The molecule has 1 aliphatic carbocycles. The van der Waals surface area contributed by atoms with E-state index in [1.807, 2.05) is 0 Å². The van der Waals surface area contributed by atoms with Crippen LogP contribution in [0.3, 0.4) is 0 Å².